The molecule has 1 aliphatic heterocycles. The summed E-state index contributed by atoms with van der Waals surface area (Å²) in [6.07, 6.45) is 2.84. The van der Waals surface area contributed by atoms with Gasteiger partial charge in [-0.1, -0.05) is 23.2 Å². The van der Waals surface area contributed by atoms with E-state index in [0.717, 1.165) is 30.8 Å². The van der Waals surface area contributed by atoms with Gasteiger partial charge in [-0.05, 0) is 18.6 Å². The molecular formula is C17H18Cl2F2N4O. The molecule has 2 heterocycles. The van der Waals surface area contributed by atoms with Gasteiger partial charge in [-0.3, -0.25) is 9.88 Å². The van der Waals surface area contributed by atoms with E-state index in [2.05, 4.69) is 15.2 Å². The predicted octanol–water partition coefficient (Wildman–Crippen LogP) is 3.57. The number of hydrogen-bond acceptors (Lipinski definition) is 5. The third-order valence-electron chi connectivity index (χ3n) is 4.24. The van der Waals surface area contributed by atoms with Gasteiger partial charge in [0.05, 0.1) is 15.7 Å². The Balaban J connectivity index is 1.65. The second-order valence-corrected chi connectivity index (χ2v) is 6.79. The molecular weight excluding hydrogens is 385 g/mol. The van der Waals surface area contributed by atoms with Crippen molar-refractivity contribution >= 4 is 34.6 Å². The zero-order valence-corrected chi connectivity index (χ0v) is 15.3. The minimum absolute atomic E-state index is 0.303. The highest BCUT2D eigenvalue weighted by Gasteiger charge is 2.23. The van der Waals surface area contributed by atoms with Crippen molar-refractivity contribution in [3.8, 4) is 0 Å². The maximum Gasteiger partial charge on any atom is 0.184 e. The zero-order chi connectivity index (χ0) is 18.7. The molecule has 0 aliphatic carbocycles. The molecule has 0 saturated carbocycles. The first kappa shape index (κ1) is 19.1. The fourth-order valence-electron chi connectivity index (χ4n) is 2.94. The van der Waals surface area contributed by atoms with Gasteiger partial charge in [0.2, 0.25) is 0 Å². The van der Waals surface area contributed by atoms with Crippen LogP contribution in [0.3, 0.4) is 0 Å². The molecule has 1 unspecified atom stereocenters. The standard InChI is InChI=1S/C17H18Cl2F2N4O/c18-12-9-22-10-13(19)16(12)24-4-1-5-25(7-6-24)17(26)23-11-2-3-14(20)15(21)8-11/h2-3,8-10,17,23,26H,1,4-7H2. The molecule has 1 saturated heterocycles. The highest BCUT2D eigenvalue weighted by Crippen LogP contribution is 2.33. The van der Waals surface area contributed by atoms with E-state index in [4.69, 9.17) is 23.2 Å². The maximum absolute atomic E-state index is 13.3. The average molecular weight is 403 g/mol. The van der Waals surface area contributed by atoms with Crippen LogP contribution in [-0.2, 0) is 0 Å². The number of aliphatic hydroxyl groups excluding tert-OH is 1. The van der Waals surface area contributed by atoms with E-state index < -0.39 is 18.0 Å². The molecule has 0 amide bonds. The summed E-state index contributed by atoms with van der Waals surface area (Å²) in [6.45, 7) is 2.47. The molecule has 1 atom stereocenters. The molecule has 9 heteroatoms. The fourth-order valence-corrected chi connectivity index (χ4v) is 3.54. The van der Waals surface area contributed by atoms with E-state index in [-0.39, 0.29) is 0 Å². The smallest absolute Gasteiger partial charge is 0.184 e. The topological polar surface area (TPSA) is 51.6 Å². The number of pyridine rings is 1. The Hall–Kier alpha value is -1.67. The molecule has 2 N–H and O–H groups in total. The molecule has 0 radical (unpaired) electrons. The van der Waals surface area contributed by atoms with Gasteiger partial charge in [0.25, 0.3) is 0 Å². The molecule has 1 fully saturated rings. The summed E-state index contributed by atoms with van der Waals surface area (Å²) < 4.78 is 26.3. The number of halogens is 4. The van der Waals surface area contributed by atoms with Crippen molar-refractivity contribution in [2.24, 2.45) is 0 Å². The number of rotatable bonds is 4. The highest BCUT2D eigenvalue weighted by atomic mass is 35.5. The molecule has 2 aromatic rings. The second kappa shape index (κ2) is 8.35. The number of nitrogens with one attached hydrogen (secondary N) is 1. The SMILES string of the molecule is OC(Nc1ccc(F)c(F)c1)N1CCCN(c2c(Cl)cncc2Cl)CC1. The van der Waals surface area contributed by atoms with E-state index in [0.29, 0.717) is 35.4 Å². The van der Waals surface area contributed by atoms with E-state index in [9.17, 15) is 13.9 Å². The van der Waals surface area contributed by atoms with Crippen molar-refractivity contribution in [2.75, 3.05) is 36.4 Å². The summed E-state index contributed by atoms with van der Waals surface area (Å²) in [6, 6.07) is 3.41. The summed E-state index contributed by atoms with van der Waals surface area (Å²) in [5, 5.41) is 14.1. The monoisotopic (exact) mass is 402 g/mol. The number of anilines is 2. The Bertz CT molecular complexity index is 760. The predicted molar refractivity (Wildman–Crippen MR) is 98.6 cm³/mol. The van der Waals surface area contributed by atoms with Gasteiger partial charge in [0.1, 0.15) is 0 Å². The summed E-state index contributed by atoms with van der Waals surface area (Å²) in [5.74, 6) is -1.90. The molecule has 140 valence electrons. The van der Waals surface area contributed by atoms with Gasteiger partial charge in [0.15, 0.2) is 18.0 Å². The average Bonchev–Trinajstić information content (AvgIpc) is 2.84. The molecule has 1 aromatic carbocycles. The van der Waals surface area contributed by atoms with Crippen LogP contribution < -0.4 is 10.2 Å². The van der Waals surface area contributed by atoms with Gasteiger partial charge < -0.3 is 15.3 Å². The summed E-state index contributed by atoms with van der Waals surface area (Å²) >= 11 is 12.4. The van der Waals surface area contributed by atoms with E-state index >= 15 is 0 Å². The Morgan fingerprint density at radius 2 is 1.77 bits per heavy atom. The Labute approximate surface area is 160 Å². The molecule has 1 aromatic heterocycles. The van der Waals surface area contributed by atoms with Crippen LogP contribution in [0.2, 0.25) is 10.0 Å². The number of nitrogens with zero attached hydrogens (tertiary/aromatic N) is 3. The summed E-state index contributed by atoms with van der Waals surface area (Å²) in [5.41, 5.74) is 1.03. The maximum atomic E-state index is 13.3. The van der Waals surface area contributed by atoms with Crippen LogP contribution in [0.4, 0.5) is 20.2 Å². The quantitative estimate of drug-likeness (QED) is 0.765. The van der Waals surface area contributed by atoms with Crippen molar-refractivity contribution in [1.82, 2.24) is 9.88 Å². The summed E-state index contributed by atoms with van der Waals surface area (Å²) in [4.78, 5) is 7.82. The van der Waals surface area contributed by atoms with Gasteiger partial charge >= 0.3 is 0 Å². The van der Waals surface area contributed by atoms with E-state index in [1.165, 1.54) is 6.07 Å². The van der Waals surface area contributed by atoms with Crippen LogP contribution in [0.1, 0.15) is 6.42 Å². The molecule has 5 nitrogen and oxygen atoms in total. The van der Waals surface area contributed by atoms with Crippen molar-refractivity contribution in [2.45, 2.75) is 12.8 Å². The largest absolute Gasteiger partial charge is 0.368 e. The Kier molecular flexibility index (Phi) is 6.13. The molecule has 0 bridgehead atoms. The van der Waals surface area contributed by atoms with Crippen LogP contribution in [0.25, 0.3) is 0 Å². The number of aliphatic hydroxyl groups is 1. The summed E-state index contributed by atoms with van der Waals surface area (Å²) in [7, 11) is 0. The lowest BCUT2D eigenvalue weighted by atomic mass is 10.3. The van der Waals surface area contributed by atoms with Crippen LogP contribution in [0, 0.1) is 11.6 Å². The van der Waals surface area contributed by atoms with Crippen molar-refractivity contribution in [3.05, 3.63) is 52.3 Å². The van der Waals surface area contributed by atoms with Crippen molar-refractivity contribution < 1.29 is 13.9 Å². The van der Waals surface area contributed by atoms with Crippen molar-refractivity contribution in [3.63, 3.8) is 0 Å². The number of hydrogen-bond donors (Lipinski definition) is 2. The van der Waals surface area contributed by atoms with Crippen LogP contribution >= 0.6 is 23.2 Å². The third-order valence-corrected chi connectivity index (χ3v) is 4.79. The highest BCUT2D eigenvalue weighted by molar-refractivity contribution is 6.38. The minimum Gasteiger partial charge on any atom is -0.368 e. The lowest BCUT2D eigenvalue weighted by Gasteiger charge is -2.28. The molecule has 26 heavy (non-hydrogen) atoms. The van der Waals surface area contributed by atoms with Crippen LogP contribution in [0.5, 0.6) is 0 Å². The Morgan fingerprint density at radius 3 is 2.46 bits per heavy atom. The first-order valence-corrected chi connectivity index (χ1v) is 8.89. The first-order chi connectivity index (χ1) is 12.5. The number of benzene rings is 1. The minimum atomic E-state index is -1.02. The number of aromatic nitrogens is 1. The Morgan fingerprint density at radius 1 is 1.04 bits per heavy atom. The van der Waals surface area contributed by atoms with E-state index in [1.807, 2.05) is 4.90 Å². The molecule has 1 aliphatic rings. The van der Waals surface area contributed by atoms with Crippen LogP contribution in [-0.4, -0.2) is 47.5 Å². The lowest BCUT2D eigenvalue weighted by molar-refractivity contribution is 0.0313. The zero-order valence-electron chi connectivity index (χ0n) is 13.8. The lowest BCUT2D eigenvalue weighted by Crippen LogP contribution is -2.43. The second-order valence-electron chi connectivity index (χ2n) is 5.98. The molecule has 0 spiro atoms. The first-order valence-electron chi connectivity index (χ1n) is 8.13. The fraction of sp³-hybridized carbons (Fsp3) is 0.353. The van der Waals surface area contributed by atoms with Crippen LogP contribution in [0.15, 0.2) is 30.6 Å². The van der Waals surface area contributed by atoms with Gasteiger partial charge in [-0.25, -0.2) is 8.78 Å². The van der Waals surface area contributed by atoms with E-state index in [1.54, 1.807) is 12.4 Å². The van der Waals surface area contributed by atoms with Gasteiger partial charge in [-0.15, -0.1) is 0 Å². The van der Waals surface area contributed by atoms with Crippen molar-refractivity contribution in [1.29, 1.82) is 0 Å². The normalized spacial score (nSPS) is 17.0. The van der Waals surface area contributed by atoms with Gasteiger partial charge in [0, 0.05) is 50.3 Å². The third kappa shape index (κ3) is 4.35. The molecule has 3 rings (SSSR count). The van der Waals surface area contributed by atoms with Gasteiger partial charge in [-0.2, -0.15) is 0 Å².